The summed E-state index contributed by atoms with van der Waals surface area (Å²) in [7, 11) is 0. The molecule has 4 heteroatoms. The third kappa shape index (κ3) is 5.12. The van der Waals surface area contributed by atoms with Gasteiger partial charge in [0.05, 0.1) is 6.54 Å². The second kappa shape index (κ2) is 6.95. The van der Waals surface area contributed by atoms with Crippen molar-refractivity contribution >= 4 is 5.91 Å². The molecule has 0 saturated carbocycles. The van der Waals surface area contributed by atoms with Crippen molar-refractivity contribution < 1.29 is 4.79 Å². The Morgan fingerprint density at radius 1 is 1.47 bits per heavy atom. The Bertz CT molecular complexity index is 287. The minimum Gasteiger partial charge on any atom is -0.355 e. The molecule has 1 rings (SSSR count). The maximum atomic E-state index is 11.1. The zero-order valence-corrected chi connectivity index (χ0v) is 8.99. The zero-order chi connectivity index (χ0) is 10.9. The minimum absolute atomic E-state index is 0.0403. The number of likely N-dealkylation sites (N-methyl/N-ethyl adjacent to an activating group) is 1. The number of hydrogen-bond donors (Lipinski definition) is 2. The SMILES string of the molecule is CCNC(=O)CNCCc1ccccn1. The topological polar surface area (TPSA) is 54.0 Å². The number of amides is 1. The molecule has 0 aliphatic carbocycles. The van der Waals surface area contributed by atoms with E-state index in [4.69, 9.17) is 0 Å². The van der Waals surface area contributed by atoms with Crippen molar-refractivity contribution in [2.75, 3.05) is 19.6 Å². The Kier molecular flexibility index (Phi) is 5.40. The van der Waals surface area contributed by atoms with Gasteiger partial charge >= 0.3 is 0 Å². The van der Waals surface area contributed by atoms with Crippen LogP contribution in [0.2, 0.25) is 0 Å². The van der Waals surface area contributed by atoms with Crippen LogP contribution in [0.15, 0.2) is 24.4 Å². The molecule has 4 nitrogen and oxygen atoms in total. The predicted molar refractivity (Wildman–Crippen MR) is 59.5 cm³/mol. The lowest BCUT2D eigenvalue weighted by Crippen LogP contribution is -2.34. The number of pyridine rings is 1. The molecule has 0 unspecified atom stereocenters. The molecule has 82 valence electrons. The molecule has 0 aromatic carbocycles. The quantitative estimate of drug-likeness (QED) is 0.662. The van der Waals surface area contributed by atoms with Crippen LogP contribution in [-0.4, -0.2) is 30.5 Å². The molecular weight excluding hydrogens is 190 g/mol. The van der Waals surface area contributed by atoms with Crippen molar-refractivity contribution in [3.05, 3.63) is 30.1 Å². The lowest BCUT2D eigenvalue weighted by molar-refractivity contribution is -0.120. The first-order chi connectivity index (χ1) is 7.33. The van der Waals surface area contributed by atoms with Gasteiger partial charge in [-0.25, -0.2) is 0 Å². The molecule has 0 aliphatic heterocycles. The zero-order valence-electron chi connectivity index (χ0n) is 8.99. The Balaban J connectivity index is 2.10. The third-order valence-corrected chi connectivity index (χ3v) is 1.94. The summed E-state index contributed by atoms with van der Waals surface area (Å²) < 4.78 is 0. The van der Waals surface area contributed by atoms with Crippen molar-refractivity contribution in [1.29, 1.82) is 0 Å². The van der Waals surface area contributed by atoms with E-state index in [0.29, 0.717) is 13.1 Å². The van der Waals surface area contributed by atoms with E-state index < -0.39 is 0 Å². The Hall–Kier alpha value is -1.42. The smallest absolute Gasteiger partial charge is 0.233 e. The summed E-state index contributed by atoms with van der Waals surface area (Å²) in [5.74, 6) is 0.0403. The fraction of sp³-hybridized carbons (Fsp3) is 0.455. The molecule has 0 saturated heterocycles. The first kappa shape index (κ1) is 11.7. The number of nitrogens with one attached hydrogen (secondary N) is 2. The van der Waals surface area contributed by atoms with E-state index in [1.807, 2.05) is 25.1 Å². The van der Waals surface area contributed by atoms with E-state index in [0.717, 1.165) is 18.7 Å². The third-order valence-electron chi connectivity index (χ3n) is 1.94. The van der Waals surface area contributed by atoms with Gasteiger partial charge in [0.15, 0.2) is 0 Å². The van der Waals surface area contributed by atoms with E-state index >= 15 is 0 Å². The molecule has 1 amide bonds. The number of carbonyl (C=O) groups excluding carboxylic acids is 1. The molecular formula is C11H17N3O. The van der Waals surface area contributed by atoms with Crippen LogP contribution >= 0.6 is 0 Å². The monoisotopic (exact) mass is 207 g/mol. The van der Waals surface area contributed by atoms with Gasteiger partial charge in [-0.05, 0) is 19.1 Å². The maximum absolute atomic E-state index is 11.1. The van der Waals surface area contributed by atoms with Crippen molar-refractivity contribution in [2.24, 2.45) is 0 Å². The first-order valence-corrected chi connectivity index (χ1v) is 5.20. The minimum atomic E-state index is 0.0403. The normalized spacial score (nSPS) is 9.93. The summed E-state index contributed by atoms with van der Waals surface area (Å²) in [6.07, 6.45) is 2.62. The number of nitrogens with zero attached hydrogens (tertiary/aromatic N) is 1. The number of aromatic nitrogens is 1. The summed E-state index contributed by atoms with van der Waals surface area (Å²) in [5.41, 5.74) is 1.04. The molecule has 0 atom stereocenters. The summed E-state index contributed by atoms with van der Waals surface area (Å²) in [6.45, 7) is 3.74. The van der Waals surface area contributed by atoms with E-state index in [1.54, 1.807) is 6.20 Å². The predicted octanol–water partition coefficient (Wildman–Crippen LogP) is 0.350. The van der Waals surface area contributed by atoms with Gasteiger partial charge in [0.25, 0.3) is 0 Å². The highest BCUT2D eigenvalue weighted by atomic mass is 16.1. The maximum Gasteiger partial charge on any atom is 0.233 e. The van der Waals surface area contributed by atoms with Gasteiger partial charge in [-0.15, -0.1) is 0 Å². The van der Waals surface area contributed by atoms with Crippen LogP contribution in [0.5, 0.6) is 0 Å². The van der Waals surface area contributed by atoms with Crippen molar-refractivity contribution in [2.45, 2.75) is 13.3 Å². The summed E-state index contributed by atoms with van der Waals surface area (Å²) in [4.78, 5) is 15.3. The van der Waals surface area contributed by atoms with Gasteiger partial charge in [0.2, 0.25) is 5.91 Å². The number of carbonyl (C=O) groups is 1. The van der Waals surface area contributed by atoms with Crippen LogP contribution < -0.4 is 10.6 Å². The van der Waals surface area contributed by atoms with Gasteiger partial charge in [-0.3, -0.25) is 9.78 Å². The molecule has 1 heterocycles. The summed E-state index contributed by atoms with van der Waals surface area (Å²) in [6, 6.07) is 5.84. The van der Waals surface area contributed by atoms with E-state index in [-0.39, 0.29) is 5.91 Å². The highest BCUT2D eigenvalue weighted by Crippen LogP contribution is 1.92. The number of rotatable bonds is 6. The second-order valence-electron chi connectivity index (χ2n) is 3.20. The van der Waals surface area contributed by atoms with E-state index in [2.05, 4.69) is 15.6 Å². The van der Waals surface area contributed by atoms with E-state index in [1.165, 1.54) is 0 Å². The standard InChI is InChI=1S/C11H17N3O/c1-2-13-11(15)9-12-8-6-10-5-3-4-7-14-10/h3-5,7,12H,2,6,8-9H2,1H3,(H,13,15). The molecule has 1 aromatic rings. The van der Waals surface area contributed by atoms with Gasteiger partial charge in [-0.1, -0.05) is 6.07 Å². The lowest BCUT2D eigenvalue weighted by Gasteiger charge is -2.04. The average Bonchev–Trinajstić information content (AvgIpc) is 2.26. The van der Waals surface area contributed by atoms with Crippen LogP contribution in [0.4, 0.5) is 0 Å². The van der Waals surface area contributed by atoms with Crippen LogP contribution in [0.1, 0.15) is 12.6 Å². The summed E-state index contributed by atoms with van der Waals surface area (Å²) in [5, 5.41) is 5.79. The van der Waals surface area contributed by atoms with Crippen LogP contribution in [0.3, 0.4) is 0 Å². The molecule has 0 fully saturated rings. The summed E-state index contributed by atoms with van der Waals surface area (Å²) >= 11 is 0. The molecule has 15 heavy (non-hydrogen) atoms. The van der Waals surface area contributed by atoms with Crippen molar-refractivity contribution in [3.8, 4) is 0 Å². The van der Waals surface area contributed by atoms with Crippen molar-refractivity contribution in [3.63, 3.8) is 0 Å². The van der Waals surface area contributed by atoms with Gasteiger partial charge in [0.1, 0.15) is 0 Å². The van der Waals surface area contributed by atoms with Crippen LogP contribution in [0, 0.1) is 0 Å². The van der Waals surface area contributed by atoms with Gasteiger partial charge < -0.3 is 10.6 Å². The Morgan fingerprint density at radius 2 is 2.33 bits per heavy atom. The largest absolute Gasteiger partial charge is 0.355 e. The molecule has 1 aromatic heterocycles. The van der Waals surface area contributed by atoms with Crippen molar-refractivity contribution in [1.82, 2.24) is 15.6 Å². The first-order valence-electron chi connectivity index (χ1n) is 5.20. The van der Waals surface area contributed by atoms with Gasteiger partial charge in [-0.2, -0.15) is 0 Å². The molecule has 0 aliphatic rings. The van der Waals surface area contributed by atoms with Crippen LogP contribution in [-0.2, 0) is 11.2 Å². The molecule has 0 bridgehead atoms. The Morgan fingerprint density at radius 3 is 3.00 bits per heavy atom. The highest BCUT2D eigenvalue weighted by Gasteiger charge is 1.97. The lowest BCUT2D eigenvalue weighted by atomic mass is 10.3. The molecule has 2 N–H and O–H groups in total. The van der Waals surface area contributed by atoms with Crippen LogP contribution in [0.25, 0.3) is 0 Å². The average molecular weight is 207 g/mol. The number of hydrogen-bond acceptors (Lipinski definition) is 3. The molecule has 0 spiro atoms. The van der Waals surface area contributed by atoms with E-state index in [9.17, 15) is 4.79 Å². The molecule has 0 radical (unpaired) electrons. The fourth-order valence-corrected chi connectivity index (χ4v) is 1.22. The fourth-order valence-electron chi connectivity index (χ4n) is 1.22. The second-order valence-corrected chi connectivity index (χ2v) is 3.20. The van der Waals surface area contributed by atoms with Gasteiger partial charge in [0, 0.05) is 31.4 Å². The Labute approximate surface area is 90.1 Å². The highest BCUT2D eigenvalue weighted by molar-refractivity contribution is 5.77.